The molecule has 3 aromatic rings. The fourth-order valence-corrected chi connectivity index (χ4v) is 4.09. The van der Waals surface area contributed by atoms with E-state index in [2.05, 4.69) is 56.3 Å². The predicted octanol–water partition coefficient (Wildman–Crippen LogP) is 4.21. The average Bonchev–Trinajstić information content (AvgIpc) is 3.51. The number of carbonyl (C=O) groups is 1. The standard InChI is InChI=1S/C22H25N5OS/c1-3-16-4-6-17(7-5-16)15(2)24-20(28)14-29-22-26-25-21(27(22)19-8-9-19)18-10-12-23-13-11-18/h4-7,10-13,15,19H,3,8-9,14H2,1-2H3,(H,24,28)/t15-/m0/s1. The Labute approximate surface area is 175 Å². The molecule has 7 heteroatoms. The lowest BCUT2D eigenvalue weighted by Gasteiger charge is -2.15. The normalized spacial score (nSPS) is 14.6. The minimum atomic E-state index is -0.0253. The van der Waals surface area contributed by atoms with Crippen molar-refractivity contribution in [2.45, 2.75) is 50.4 Å². The number of nitrogens with one attached hydrogen (secondary N) is 1. The van der Waals surface area contributed by atoms with Gasteiger partial charge in [0.05, 0.1) is 11.8 Å². The summed E-state index contributed by atoms with van der Waals surface area (Å²) < 4.78 is 2.17. The van der Waals surface area contributed by atoms with Gasteiger partial charge >= 0.3 is 0 Å². The molecule has 1 aliphatic rings. The van der Waals surface area contributed by atoms with E-state index in [0.29, 0.717) is 11.8 Å². The van der Waals surface area contributed by atoms with Crippen LogP contribution in [0.5, 0.6) is 0 Å². The fourth-order valence-electron chi connectivity index (χ4n) is 3.27. The van der Waals surface area contributed by atoms with Crippen LogP contribution in [0.4, 0.5) is 0 Å². The molecule has 4 rings (SSSR count). The van der Waals surface area contributed by atoms with Crippen LogP contribution in [0.15, 0.2) is 53.9 Å². The third-order valence-electron chi connectivity index (χ3n) is 5.11. The molecule has 2 aromatic heterocycles. The van der Waals surface area contributed by atoms with Gasteiger partial charge in [-0.15, -0.1) is 10.2 Å². The lowest BCUT2D eigenvalue weighted by Crippen LogP contribution is -2.28. The summed E-state index contributed by atoms with van der Waals surface area (Å²) in [6.07, 6.45) is 6.79. The molecule has 1 N–H and O–H groups in total. The molecule has 0 bridgehead atoms. The van der Waals surface area contributed by atoms with Crippen molar-refractivity contribution in [3.8, 4) is 11.4 Å². The summed E-state index contributed by atoms with van der Waals surface area (Å²) in [7, 11) is 0. The first-order valence-electron chi connectivity index (χ1n) is 10.0. The molecule has 150 valence electrons. The first kappa shape index (κ1) is 19.6. The van der Waals surface area contributed by atoms with Gasteiger partial charge in [-0.1, -0.05) is 43.0 Å². The highest BCUT2D eigenvalue weighted by Crippen LogP contribution is 2.40. The third-order valence-corrected chi connectivity index (χ3v) is 6.06. The fraction of sp³-hybridized carbons (Fsp3) is 0.364. The molecular formula is C22H25N5OS. The van der Waals surface area contributed by atoms with Crippen LogP contribution in [-0.2, 0) is 11.2 Å². The average molecular weight is 408 g/mol. The smallest absolute Gasteiger partial charge is 0.230 e. The van der Waals surface area contributed by atoms with E-state index in [9.17, 15) is 4.79 Å². The summed E-state index contributed by atoms with van der Waals surface area (Å²) in [6.45, 7) is 4.15. The van der Waals surface area contributed by atoms with Crippen molar-refractivity contribution in [2.24, 2.45) is 0 Å². The summed E-state index contributed by atoms with van der Waals surface area (Å²) in [5, 5.41) is 12.6. The molecule has 6 nitrogen and oxygen atoms in total. The maximum atomic E-state index is 12.5. The zero-order valence-corrected chi connectivity index (χ0v) is 17.5. The summed E-state index contributed by atoms with van der Waals surface area (Å²) in [4.78, 5) is 16.6. The largest absolute Gasteiger partial charge is 0.349 e. The lowest BCUT2D eigenvalue weighted by molar-refractivity contribution is -0.119. The van der Waals surface area contributed by atoms with Crippen molar-refractivity contribution in [1.82, 2.24) is 25.1 Å². The molecule has 1 aromatic carbocycles. The molecule has 0 saturated heterocycles. The van der Waals surface area contributed by atoms with Crippen LogP contribution >= 0.6 is 11.8 Å². The number of aromatic nitrogens is 4. The highest BCUT2D eigenvalue weighted by molar-refractivity contribution is 7.99. The quantitative estimate of drug-likeness (QED) is 0.567. The third kappa shape index (κ3) is 4.67. The van der Waals surface area contributed by atoms with E-state index >= 15 is 0 Å². The monoisotopic (exact) mass is 407 g/mol. The van der Waals surface area contributed by atoms with Crippen LogP contribution in [0.3, 0.4) is 0 Å². The molecule has 1 saturated carbocycles. The number of benzene rings is 1. The van der Waals surface area contributed by atoms with E-state index in [0.717, 1.165) is 41.4 Å². The molecule has 0 aliphatic heterocycles. The van der Waals surface area contributed by atoms with Crippen molar-refractivity contribution in [2.75, 3.05) is 5.75 Å². The van der Waals surface area contributed by atoms with Gasteiger partial charge in [0.2, 0.25) is 5.91 Å². The van der Waals surface area contributed by atoms with Gasteiger partial charge < -0.3 is 5.32 Å². The number of hydrogen-bond acceptors (Lipinski definition) is 5. The lowest BCUT2D eigenvalue weighted by atomic mass is 10.1. The Balaban J connectivity index is 1.40. The van der Waals surface area contributed by atoms with Crippen molar-refractivity contribution in [1.29, 1.82) is 0 Å². The predicted molar refractivity (Wildman–Crippen MR) is 115 cm³/mol. The van der Waals surface area contributed by atoms with Crippen LogP contribution in [0.25, 0.3) is 11.4 Å². The van der Waals surface area contributed by atoms with Gasteiger partial charge in [-0.3, -0.25) is 14.3 Å². The second-order valence-electron chi connectivity index (χ2n) is 7.32. The number of aryl methyl sites for hydroxylation is 1. The minimum Gasteiger partial charge on any atom is -0.349 e. The number of pyridine rings is 1. The first-order valence-corrected chi connectivity index (χ1v) is 11.0. The van der Waals surface area contributed by atoms with E-state index in [1.807, 2.05) is 19.1 Å². The van der Waals surface area contributed by atoms with Gasteiger partial charge in [0.25, 0.3) is 0 Å². The Morgan fingerprint density at radius 3 is 2.55 bits per heavy atom. The molecule has 1 fully saturated rings. The number of amides is 1. The molecule has 0 unspecified atom stereocenters. The Morgan fingerprint density at radius 1 is 1.17 bits per heavy atom. The highest BCUT2D eigenvalue weighted by Gasteiger charge is 2.30. The topological polar surface area (TPSA) is 72.7 Å². The Bertz CT molecular complexity index is 967. The molecule has 1 aliphatic carbocycles. The van der Waals surface area contributed by atoms with E-state index in [1.54, 1.807) is 12.4 Å². The van der Waals surface area contributed by atoms with Gasteiger partial charge in [0, 0.05) is 24.0 Å². The van der Waals surface area contributed by atoms with Gasteiger partial charge in [-0.05, 0) is 49.4 Å². The number of thioether (sulfide) groups is 1. The van der Waals surface area contributed by atoms with Crippen molar-refractivity contribution < 1.29 is 4.79 Å². The second-order valence-corrected chi connectivity index (χ2v) is 8.26. The molecule has 0 spiro atoms. The Kier molecular flexibility index (Phi) is 5.94. The summed E-state index contributed by atoms with van der Waals surface area (Å²) in [5.74, 6) is 1.17. The SMILES string of the molecule is CCc1ccc([C@H](C)NC(=O)CSc2nnc(-c3ccncc3)n2C2CC2)cc1. The second kappa shape index (κ2) is 8.78. The Hall–Kier alpha value is -2.67. The number of carbonyl (C=O) groups excluding carboxylic acids is 1. The minimum absolute atomic E-state index is 0.00197. The molecule has 29 heavy (non-hydrogen) atoms. The van der Waals surface area contributed by atoms with Gasteiger partial charge in [0.1, 0.15) is 0 Å². The van der Waals surface area contributed by atoms with E-state index in [-0.39, 0.29) is 11.9 Å². The molecule has 2 heterocycles. The molecular weight excluding hydrogens is 382 g/mol. The number of rotatable bonds is 8. The zero-order chi connectivity index (χ0) is 20.2. The van der Waals surface area contributed by atoms with Crippen LogP contribution < -0.4 is 5.32 Å². The highest BCUT2D eigenvalue weighted by atomic mass is 32.2. The van der Waals surface area contributed by atoms with Crippen LogP contribution in [0.1, 0.15) is 49.9 Å². The summed E-state index contributed by atoms with van der Waals surface area (Å²) >= 11 is 1.44. The van der Waals surface area contributed by atoms with Crippen LogP contribution in [0.2, 0.25) is 0 Å². The van der Waals surface area contributed by atoms with Crippen molar-refractivity contribution in [3.05, 3.63) is 59.9 Å². The van der Waals surface area contributed by atoms with E-state index < -0.39 is 0 Å². The van der Waals surface area contributed by atoms with Gasteiger partial charge in [-0.25, -0.2) is 0 Å². The first-order chi connectivity index (χ1) is 14.2. The van der Waals surface area contributed by atoms with Crippen molar-refractivity contribution in [3.63, 3.8) is 0 Å². The molecule has 1 amide bonds. The summed E-state index contributed by atoms with van der Waals surface area (Å²) in [5.41, 5.74) is 3.41. The van der Waals surface area contributed by atoms with Crippen LogP contribution in [0, 0.1) is 0 Å². The molecule has 0 radical (unpaired) electrons. The van der Waals surface area contributed by atoms with Gasteiger partial charge in [0.15, 0.2) is 11.0 Å². The van der Waals surface area contributed by atoms with Gasteiger partial charge in [-0.2, -0.15) is 0 Å². The van der Waals surface area contributed by atoms with E-state index in [1.165, 1.54) is 17.3 Å². The summed E-state index contributed by atoms with van der Waals surface area (Å²) in [6, 6.07) is 12.7. The number of hydrogen-bond donors (Lipinski definition) is 1. The van der Waals surface area contributed by atoms with Crippen LogP contribution in [-0.4, -0.2) is 31.4 Å². The molecule has 1 atom stereocenters. The van der Waals surface area contributed by atoms with Crippen molar-refractivity contribution >= 4 is 17.7 Å². The Morgan fingerprint density at radius 2 is 1.90 bits per heavy atom. The maximum Gasteiger partial charge on any atom is 0.230 e. The van der Waals surface area contributed by atoms with E-state index in [4.69, 9.17) is 0 Å². The maximum absolute atomic E-state index is 12.5. The zero-order valence-electron chi connectivity index (χ0n) is 16.7. The number of nitrogens with zero attached hydrogens (tertiary/aromatic N) is 4.